The van der Waals surface area contributed by atoms with Gasteiger partial charge in [0.15, 0.2) is 0 Å². The Morgan fingerprint density at radius 1 is 1.12 bits per heavy atom. The van der Waals surface area contributed by atoms with E-state index in [2.05, 4.69) is 0 Å². The first-order valence-corrected chi connectivity index (χ1v) is 5.55. The summed E-state index contributed by atoms with van der Waals surface area (Å²) in [5.74, 6) is 1.25. The topological polar surface area (TPSA) is 47.9 Å². The molecule has 0 heterocycles. The molecule has 0 aliphatic heterocycles. The third kappa shape index (κ3) is 3.35. The van der Waals surface area contributed by atoms with Gasteiger partial charge in [-0.2, -0.15) is 0 Å². The van der Waals surface area contributed by atoms with E-state index in [9.17, 15) is 5.11 Å². The van der Waals surface area contributed by atoms with Gasteiger partial charge in [-0.05, 0) is 19.1 Å². The first-order chi connectivity index (χ1) is 8.13. The summed E-state index contributed by atoms with van der Waals surface area (Å²) >= 11 is 0. The van der Waals surface area contributed by atoms with Crippen molar-refractivity contribution in [3.63, 3.8) is 0 Å². The maximum absolute atomic E-state index is 10.2. The Morgan fingerprint density at radius 3 is 2.06 bits per heavy atom. The summed E-state index contributed by atoms with van der Waals surface area (Å²) in [4.78, 5) is 0. The second kappa shape index (κ2) is 6.47. The maximum atomic E-state index is 10.2. The van der Waals surface area contributed by atoms with Crippen LogP contribution in [-0.4, -0.2) is 32.5 Å². The number of rotatable bonds is 6. The summed E-state index contributed by atoms with van der Waals surface area (Å²) in [6.07, 6.45) is -0.205. The zero-order chi connectivity index (χ0) is 12.8. The molecule has 1 N–H and O–H groups in total. The van der Waals surface area contributed by atoms with Crippen LogP contribution in [0.3, 0.4) is 0 Å². The van der Waals surface area contributed by atoms with Crippen LogP contribution in [0.5, 0.6) is 11.5 Å². The van der Waals surface area contributed by atoms with Crippen molar-refractivity contribution in [1.82, 2.24) is 0 Å². The van der Waals surface area contributed by atoms with Gasteiger partial charge in [-0.15, -0.1) is 0 Å². The van der Waals surface area contributed by atoms with E-state index in [0.717, 1.165) is 0 Å². The molecule has 17 heavy (non-hydrogen) atoms. The van der Waals surface area contributed by atoms with Crippen LogP contribution >= 0.6 is 0 Å². The Kier molecular flexibility index (Phi) is 5.25. The van der Waals surface area contributed by atoms with E-state index in [1.807, 2.05) is 13.0 Å². The predicted molar refractivity (Wildman–Crippen MR) is 65.6 cm³/mol. The third-order valence-electron chi connectivity index (χ3n) is 2.76. The minimum absolute atomic E-state index is 0.0281. The van der Waals surface area contributed by atoms with E-state index in [-0.39, 0.29) is 6.10 Å². The lowest BCUT2D eigenvalue weighted by Crippen LogP contribution is -2.12. The van der Waals surface area contributed by atoms with Gasteiger partial charge in [-0.1, -0.05) is 6.07 Å². The van der Waals surface area contributed by atoms with E-state index in [1.165, 1.54) is 0 Å². The van der Waals surface area contributed by atoms with Crippen LogP contribution in [-0.2, 0) is 4.74 Å². The van der Waals surface area contributed by atoms with Crippen molar-refractivity contribution in [2.45, 2.75) is 25.6 Å². The first-order valence-electron chi connectivity index (χ1n) is 5.55. The molecule has 0 saturated carbocycles. The highest BCUT2D eigenvalue weighted by molar-refractivity contribution is 5.46. The SMILES string of the molecule is COc1cccc(OC)c1C(O)CC(C)OC. The Morgan fingerprint density at radius 2 is 1.65 bits per heavy atom. The number of aliphatic hydroxyl groups is 1. The van der Waals surface area contributed by atoms with Crippen LogP contribution in [0.1, 0.15) is 25.0 Å². The smallest absolute Gasteiger partial charge is 0.128 e. The quantitative estimate of drug-likeness (QED) is 0.827. The lowest BCUT2D eigenvalue weighted by Gasteiger charge is -2.20. The van der Waals surface area contributed by atoms with Gasteiger partial charge in [0.05, 0.1) is 32.0 Å². The molecule has 4 nitrogen and oxygen atoms in total. The van der Waals surface area contributed by atoms with Gasteiger partial charge >= 0.3 is 0 Å². The van der Waals surface area contributed by atoms with Crippen LogP contribution < -0.4 is 9.47 Å². The molecule has 0 amide bonds. The zero-order valence-electron chi connectivity index (χ0n) is 10.8. The molecule has 1 aromatic carbocycles. The van der Waals surface area contributed by atoms with Crippen LogP contribution in [0, 0.1) is 0 Å². The predicted octanol–water partition coefficient (Wildman–Crippen LogP) is 2.16. The summed E-state index contributed by atoms with van der Waals surface area (Å²) < 4.78 is 15.6. The number of hydrogen-bond acceptors (Lipinski definition) is 4. The molecule has 0 saturated heterocycles. The molecule has 0 spiro atoms. The second-order valence-electron chi connectivity index (χ2n) is 3.87. The van der Waals surface area contributed by atoms with Crippen molar-refractivity contribution in [1.29, 1.82) is 0 Å². The summed E-state index contributed by atoms with van der Waals surface area (Å²) in [6, 6.07) is 5.44. The van der Waals surface area contributed by atoms with Gasteiger partial charge in [-0.3, -0.25) is 0 Å². The molecule has 96 valence electrons. The van der Waals surface area contributed by atoms with E-state index in [1.54, 1.807) is 33.5 Å². The minimum atomic E-state index is -0.670. The summed E-state index contributed by atoms with van der Waals surface area (Å²) in [5.41, 5.74) is 0.668. The molecule has 2 unspecified atom stereocenters. The first kappa shape index (κ1) is 13.8. The third-order valence-corrected chi connectivity index (χ3v) is 2.76. The fourth-order valence-electron chi connectivity index (χ4n) is 1.74. The van der Waals surface area contributed by atoms with Gasteiger partial charge in [0, 0.05) is 13.5 Å². The lowest BCUT2D eigenvalue weighted by atomic mass is 10.0. The van der Waals surface area contributed by atoms with Gasteiger partial charge in [-0.25, -0.2) is 0 Å². The average molecular weight is 240 g/mol. The largest absolute Gasteiger partial charge is 0.496 e. The van der Waals surface area contributed by atoms with Crippen molar-refractivity contribution < 1.29 is 19.3 Å². The van der Waals surface area contributed by atoms with E-state index in [4.69, 9.17) is 14.2 Å². The number of benzene rings is 1. The maximum Gasteiger partial charge on any atom is 0.128 e. The van der Waals surface area contributed by atoms with E-state index >= 15 is 0 Å². The van der Waals surface area contributed by atoms with Crippen LogP contribution in [0.2, 0.25) is 0 Å². The lowest BCUT2D eigenvalue weighted by molar-refractivity contribution is 0.0540. The zero-order valence-corrected chi connectivity index (χ0v) is 10.8. The molecule has 2 atom stereocenters. The monoisotopic (exact) mass is 240 g/mol. The van der Waals surface area contributed by atoms with Crippen molar-refractivity contribution in [2.24, 2.45) is 0 Å². The normalized spacial score (nSPS) is 14.2. The van der Waals surface area contributed by atoms with Gasteiger partial charge in [0.25, 0.3) is 0 Å². The molecule has 0 aliphatic rings. The van der Waals surface area contributed by atoms with Crippen LogP contribution in [0.25, 0.3) is 0 Å². The molecular weight excluding hydrogens is 220 g/mol. The Hall–Kier alpha value is -1.26. The second-order valence-corrected chi connectivity index (χ2v) is 3.87. The molecule has 1 aromatic rings. The number of methoxy groups -OCH3 is 3. The Balaban J connectivity index is 3.00. The Bertz CT molecular complexity index is 329. The molecule has 0 aromatic heterocycles. The van der Waals surface area contributed by atoms with Gasteiger partial charge in [0.1, 0.15) is 11.5 Å². The van der Waals surface area contributed by atoms with Crippen molar-refractivity contribution in [3.8, 4) is 11.5 Å². The molecule has 0 radical (unpaired) electrons. The molecule has 1 rings (SSSR count). The highest BCUT2D eigenvalue weighted by Crippen LogP contribution is 2.36. The standard InChI is InChI=1S/C13H20O4/c1-9(15-2)8-10(14)13-11(16-3)6-5-7-12(13)17-4/h5-7,9-10,14H,8H2,1-4H3. The van der Waals surface area contributed by atoms with Crippen molar-refractivity contribution >= 4 is 0 Å². The molecule has 0 fully saturated rings. The highest BCUT2D eigenvalue weighted by atomic mass is 16.5. The fourth-order valence-corrected chi connectivity index (χ4v) is 1.74. The van der Waals surface area contributed by atoms with E-state index in [0.29, 0.717) is 23.5 Å². The van der Waals surface area contributed by atoms with Crippen LogP contribution in [0.15, 0.2) is 18.2 Å². The van der Waals surface area contributed by atoms with Gasteiger partial charge in [0.2, 0.25) is 0 Å². The highest BCUT2D eigenvalue weighted by Gasteiger charge is 2.20. The molecule has 4 heteroatoms. The molecule has 0 bridgehead atoms. The van der Waals surface area contributed by atoms with E-state index < -0.39 is 6.10 Å². The number of hydrogen-bond donors (Lipinski definition) is 1. The molecule has 0 aliphatic carbocycles. The summed E-state index contributed by atoms with van der Waals surface area (Å²) in [7, 11) is 4.77. The average Bonchev–Trinajstić information content (AvgIpc) is 2.37. The number of aliphatic hydroxyl groups excluding tert-OH is 1. The molecular formula is C13H20O4. The summed E-state index contributed by atoms with van der Waals surface area (Å²) in [6.45, 7) is 1.91. The number of ether oxygens (including phenoxy) is 3. The summed E-state index contributed by atoms with van der Waals surface area (Å²) in [5, 5.41) is 10.2. The minimum Gasteiger partial charge on any atom is -0.496 e. The van der Waals surface area contributed by atoms with Crippen molar-refractivity contribution in [2.75, 3.05) is 21.3 Å². The fraction of sp³-hybridized carbons (Fsp3) is 0.538. The van der Waals surface area contributed by atoms with Crippen LogP contribution in [0.4, 0.5) is 0 Å². The van der Waals surface area contributed by atoms with Crippen molar-refractivity contribution in [3.05, 3.63) is 23.8 Å². The Labute approximate surface area is 102 Å². The van der Waals surface area contributed by atoms with Gasteiger partial charge < -0.3 is 19.3 Å².